The van der Waals surface area contributed by atoms with Crippen LogP contribution in [0.15, 0.2) is 24.3 Å². The van der Waals surface area contributed by atoms with Crippen LogP contribution in [0.3, 0.4) is 0 Å². The first kappa shape index (κ1) is 15.6. The van der Waals surface area contributed by atoms with E-state index in [1.54, 1.807) is 19.2 Å². The summed E-state index contributed by atoms with van der Waals surface area (Å²) in [6.45, 7) is 1.76. The Hall–Kier alpha value is -1.43. The maximum Gasteiger partial charge on any atom is 0.337 e. The fraction of sp³-hybridized carbons (Fsp3) is 0.500. The molecule has 0 saturated heterocycles. The zero-order valence-electron chi connectivity index (χ0n) is 11.4. The van der Waals surface area contributed by atoms with E-state index in [0.717, 1.165) is 5.56 Å². The second-order valence-corrected chi connectivity index (χ2v) is 4.26. The van der Waals surface area contributed by atoms with Crippen LogP contribution in [0.5, 0.6) is 0 Å². The van der Waals surface area contributed by atoms with Crippen molar-refractivity contribution in [2.24, 2.45) is 0 Å². The number of aliphatic hydroxyl groups is 1. The van der Waals surface area contributed by atoms with E-state index in [1.165, 1.54) is 7.11 Å². The number of carbonyl (C=O) groups is 1. The Balaban J connectivity index is 2.28. The zero-order chi connectivity index (χ0) is 14.1. The first-order chi connectivity index (χ1) is 9.17. The van der Waals surface area contributed by atoms with Crippen molar-refractivity contribution in [3.05, 3.63) is 35.4 Å². The van der Waals surface area contributed by atoms with Crippen molar-refractivity contribution in [3.63, 3.8) is 0 Å². The van der Waals surface area contributed by atoms with Crippen molar-refractivity contribution in [2.75, 3.05) is 27.4 Å². The number of rotatable bonds is 8. The van der Waals surface area contributed by atoms with Gasteiger partial charge in [0.2, 0.25) is 0 Å². The molecule has 19 heavy (non-hydrogen) atoms. The molecule has 0 aliphatic carbocycles. The number of methoxy groups -OCH3 is 2. The van der Waals surface area contributed by atoms with Crippen molar-refractivity contribution in [1.29, 1.82) is 0 Å². The lowest BCUT2D eigenvalue weighted by Crippen LogP contribution is -2.23. The van der Waals surface area contributed by atoms with Crippen LogP contribution in [0.2, 0.25) is 0 Å². The number of aliphatic hydroxyl groups excluding tert-OH is 1. The summed E-state index contributed by atoms with van der Waals surface area (Å²) in [6, 6.07) is 7.24. The highest BCUT2D eigenvalue weighted by Gasteiger charge is 2.05. The number of hydrogen-bond acceptors (Lipinski definition) is 5. The van der Waals surface area contributed by atoms with Gasteiger partial charge in [-0.2, -0.15) is 0 Å². The predicted octanol–water partition coefficient (Wildman–Crippen LogP) is 0.960. The summed E-state index contributed by atoms with van der Waals surface area (Å²) in [7, 11) is 2.93. The second-order valence-electron chi connectivity index (χ2n) is 4.26. The van der Waals surface area contributed by atoms with Crippen LogP contribution in [0, 0.1) is 0 Å². The topological polar surface area (TPSA) is 67.8 Å². The van der Waals surface area contributed by atoms with Gasteiger partial charge >= 0.3 is 5.97 Å². The fourth-order valence-corrected chi connectivity index (χ4v) is 1.65. The molecule has 0 aliphatic heterocycles. The molecule has 1 aromatic rings. The zero-order valence-corrected chi connectivity index (χ0v) is 11.4. The lowest BCUT2D eigenvalue weighted by atomic mass is 10.1. The largest absolute Gasteiger partial charge is 0.465 e. The van der Waals surface area contributed by atoms with Crippen LogP contribution in [-0.4, -0.2) is 44.6 Å². The molecule has 1 atom stereocenters. The fourth-order valence-electron chi connectivity index (χ4n) is 1.65. The minimum Gasteiger partial charge on any atom is -0.465 e. The van der Waals surface area contributed by atoms with Gasteiger partial charge in [-0.25, -0.2) is 4.79 Å². The van der Waals surface area contributed by atoms with Crippen LogP contribution < -0.4 is 5.32 Å². The Bertz CT molecular complexity index is 378. The molecule has 0 amide bonds. The third-order valence-electron chi connectivity index (χ3n) is 2.72. The van der Waals surface area contributed by atoms with Gasteiger partial charge in [-0.15, -0.1) is 0 Å². The van der Waals surface area contributed by atoms with Crippen molar-refractivity contribution < 1.29 is 19.4 Å². The second kappa shape index (κ2) is 8.63. The Labute approximate surface area is 113 Å². The summed E-state index contributed by atoms with van der Waals surface area (Å²) in [6.07, 6.45) is 0.216. The average molecular weight is 267 g/mol. The molecule has 5 heteroatoms. The summed E-state index contributed by atoms with van der Waals surface area (Å²) in [5, 5.41) is 12.7. The van der Waals surface area contributed by atoms with Crippen LogP contribution in [0.4, 0.5) is 0 Å². The van der Waals surface area contributed by atoms with Gasteiger partial charge in [-0.05, 0) is 30.7 Å². The summed E-state index contributed by atoms with van der Waals surface area (Å²) in [5.41, 5.74) is 1.62. The molecule has 0 fully saturated rings. The van der Waals surface area contributed by atoms with Crippen LogP contribution >= 0.6 is 0 Å². The van der Waals surface area contributed by atoms with Crippen molar-refractivity contribution in [2.45, 2.75) is 19.1 Å². The van der Waals surface area contributed by atoms with Gasteiger partial charge in [0.25, 0.3) is 0 Å². The number of benzene rings is 1. The van der Waals surface area contributed by atoms with Gasteiger partial charge in [0.05, 0.1) is 25.4 Å². The van der Waals surface area contributed by atoms with Crippen molar-refractivity contribution in [3.8, 4) is 0 Å². The molecule has 0 saturated carbocycles. The number of esters is 1. The summed E-state index contributed by atoms with van der Waals surface area (Å²) >= 11 is 0. The lowest BCUT2D eigenvalue weighted by Gasteiger charge is -2.10. The van der Waals surface area contributed by atoms with Crippen LogP contribution in [0.1, 0.15) is 22.3 Å². The van der Waals surface area contributed by atoms with E-state index in [4.69, 9.17) is 4.74 Å². The lowest BCUT2D eigenvalue weighted by molar-refractivity contribution is 0.0592. The summed E-state index contributed by atoms with van der Waals surface area (Å²) in [4.78, 5) is 11.2. The van der Waals surface area contributed by atoms with Gasteiger partial charge < -0.3 is 19.9 Å². The number of nitrogens with one attached hydrogen (secondary N) is 1. The Morgan fingerprint density at radius 1 is 1.32 bits per heavy atom. The third kappa shape index (κ3) is 5.83. The van der Waals surface area contributed by atoms with Gasteiger partial charge in [0, 0.05) is 13.7 Å². The van der Waals surface area contributed by atoms with Crippen LogP contribution in [-0.2, 0) is 16.0 Å². The van der Waals surface area contributed by atoms with E-state index in [0.29, 0.717) is 31.7 Å². The molecule has 5 nitrogen and oxygen atoms in total. The monoisotopic (exact) mass is 267 g/mol. The number of ether oxygens (including phenoxy) is 2. The van der Waals surface area contributed by atoms with Gasteiger partial charge in [0.15, 0.2) is 0 Å². The minimum absolute atomic E-state index is 0.331. The molecule has 106 valence electrons. The smallest absolute Gasteiger partial charge is 0.337 e. The average Bonchev–Trinajstić information content (AvgIpc) is 2.44. The van der Waals surface area contributed by atoms with E-state index < -0.39 is 6.10 Å². The first-order valence-corrected chi connectivity index (χ1v) is 6.22. The molecule has 2 N–H and O–H groups in total. The normalized spacial score (nSPS) is 12.2. The molecule has 0 spiro atoms. The highest BCUT2D eigenvalue weighted by molar-refractivity contribution is 5.89. The maximum absolute atomic E-state index is 11.2. The van der Waals surface area contributed by atoms with Gasteiger partial charge in [-0.3, -0.25) is 0 Å². The standard InChI is InChI=1S/C14H21NO4/c1-18-10-13(16)7-8-15-9-11-3-5-12(6-4-11)14(17)19-2/h3-6,13,15-16H,7-10H2,1-2H3. The first-order valence-electron chi connectivity index (χ1n) is 6.22. The van der Waals surface area contributed by atoms with Crippen molar-refractivity contribution in [1.82, 2.24) is 5.32 Å². The van der Waals surface area contributed by atoms with E-state index in [2.05, 4.69) is 10.1 Å². The molecular weight excluding hydrogens is 246 g/mol. The molecule has 0 heterocycles. The van der Waals surface area contributed by atoms with E-state index >= 15 is 0 Å². The molecule has 0 aliphatic rings. The van der Waals surface area contributed by atoms with Crippen molar-refractivity contribution >= 4 is 5.97 Å². The van der Waals surface area contributed by atoms with E-state index in [1.807, 2.05) is 12.1 Å². The molecule has 1 rings (SSSR count). The van der Waals surface area contributed by atoms with E-state index in [-0.39, 0.29) is 5.97 Å². The predicted molar refractivity (Wildman–Crippen MR) is 72.0 cm³/mol. The Morgan fingerprint density at radius 2 is 2.00 bits per heavy atom. The maximum atomic E-state index is 11.2. The molecule has 1 aromatic carbocycles. The Kier molecular flexibility index (Phi) is 7.10. The molecule has 0 bridgehead atoms. The Morgan fingerprint density at radius 3 is 2.58 bits per heavy atom. The molecular formula is C14H21NO4. The molecule has 1 unspecified atom stereocenters. The molecule has 0 radical (unpaired) electrons. The number of carbonyl (C=O) groups excluding carboxylic acids is 1. The highest BCUT2D eigenvalue weighted by Crippen LogP contribution is 2.05. The van der Waals surface area contributed by atoms with Gasteiger partial charge in [-0.1, -0.05) is 12.1 Å². The van der Waals surface area contributed by atoms with Gasteiger partial charge in [0.1, 0.15) is 0 Å². The SMILES string of the molecule is COCC(O)CCNCc1ccc(C(=O)OC)cc1. The quantitative estimate of drug-likeness (QED) is 0.542. The summed E-state index contributed by atoms with van der Waals surface area (Å²) in [5.74, 6) is -0.331. The summed E-state index contributed by atoms with van der Waals surface area (Å²) < 4.78 is 9.47. The van der Waals surface area contributed by atoms with E-state index in [9.17, 15) is 9.90 Å². The number of hydrogen-bond donors (Lipinski definition) is 2. The third-order valence-corrected chi connectivity index (χ3v) is 2.72. The van der Waals surface area contributed by atoms with Crippen LogP contribution in [0.25, 0.3) is 0 Å². The molecule has 0 aromatic heterocycles. The minimum atomic E-state index is -0.431. The highest BCUT2D eigenvalue weighted by atomic mass is 16.5.